The predicted octanol–water partition coefficient (Wildman–Crippen LogP) is 4.33. The van der Waals surface area contributed by atoms with Crippen molar-refractivity contribution in [2.45, 2.75) is 33.8 Å². The number of aliphatic hydroxyl groups is 1. The van der Waals surface area contributed by atoms with Crippen LogP contribution in [-0.2, 0) is 0 Å². The molecule has 0 saturated heterocycles. The fourth-order valence-corrected chi connectivity index (χ4v) is 2.26. The summed E-state index contributed by atoms with van der Waals surface area (Å²) >= 11 is 0. The summed E-state index contributed by atoms with van der Waals surface area (Å²) in [6.45, 7) is 7.74. The highest BCUT2D eigenvalue weighted by Gasteiger charge is 2.13. The molecule has 2 aromatic rings. The van der Waals surface area contributed by atoms with Gasteiger partial charge < -0.3 is 9.84 Å². The van der Waals surface area contributed by atoms with Gasteiger partial charge in [0, 0.05) is 5.56 Å². The largest absolute Gasteiger partial charge is 0.457 e. The van der Waals surface area contributed by atoms with Gasteiger partial charge in [0.2, 0.25) is 0 Å². The van der Waals surface area contributed by atoms with E-state index in [9.17, 15) is 5.11 Å². The Labute approximate surface area is 125 Å². The van der Waals surface area contributed by atoms with Crippen LogP contribution in [0.25, 0.3) is 0 Å². The monoisotopic (exact) mass is 281 g/mol. The maximum atomic E-state index is 9.86. The normalized spacial score (nSPS) is 11.8. The average Bonchev–Trinajstić information content (AvgIpc) is 2.43. The molecule has 0 fully saturated rings. The van der Waals surface area contributed by atoms with Crippen LogP contribution in [0.3, 0.4) is 0 Å². The smallest absolute Gasteiger partial charge is 0.134 e. The molecule has 3 nitrogen and oxygen atoms in total. The van der Waals surface area contributed by atoms with Gasteiger partial charge in [-0.3, -0.25) is 0 Å². The fraction of sp³-hybridized carbons (Fsp3) is 0.278. The number of benzene rings is 2. The minimum Gasteiger partial charge on any atom is -0.457 e. The molecule has 0 unspecified atom stereocenters. The molecule has 0 bridgehead atoms. The van der Waals surface area contributed by atoms with Gasteiger partial charge in [0.15, 0.2) is 0 Å². The predicted molar refractivity (Wildman–Crippen MR) is 82.5 cm³/mol. The Hall–Kier alpha value is -2.31. The first-order valence-corrected chi connectivity index (χ1v) is 6.90. The number of ether oxygens (including phenoxy) is 1. The summed E-state index contributed by atoms with van der Waals surface area (Å²) in [7, 11) is 0. The Morgan fingerprint density at radius 2 is 1.81 bits per heavy atom. The molecule has 0 radical (unpaired) electrons. The molecule has 108 valence electrons. The zero-order chi connectivity index (χ0) is 15.6. The van der Waals surface area contributed by atoms with Crippen molar-refractivity contribution in [2.75, 3.05) is 0 Å². The van der Waals surface area contributed by atoms with Crippen molar-refractivity contribution >= 4 is 0 Å². The molecular formula is C18H19NO2. The van der Waals surface area contributed by atoms with Crippen LogP contribution in [0.2, 0.25) is 0 Å². The lowest BCUT2D eigenvalue weighted by Crippen LogP contribution is -1.99. The van der Waals surface area contributed by atoms with Gasteiger partial charge in [0.25, 0.3) is 0 Å². The molecule has 0 spiro atoms. The van der Waals surface area contributed by atoms with E-state index in [2.05, 4.69) is 12.1 Å². The van der Waals surface area contributed by atoms with Crippen LogP contribution in [0.5, 0.6) is 11.5 Å². The van der Waals surface area contributed by atoms with E-state index in [0.717, 1.165) is 22.4 Å². The molecule has 1 N–H and O–H groups in total. The summed E-state index contributed by atoms with van der Waals surface area (Å²) in [5.41, 5.74) is 4.51. The maximum absolute atomic E-state index is 9.86. The molecule has 1 atom stereocenters. The van der Waals surface area contributed by atoms with E-state index in [1.54, 1.807) is 25.1 Å². The average molecular weight is 281 g/mol. The fourth-order valence-electron chi connectivity index (χ4n) is 2.26. The molecule has 2 rings (SSSR count). The molecule has 0 aliphatic carbocycles. The molecule has 0 aliphatic rings. The Morgan fingerprint density at radius 1 is 1.10 bits per heavy atom. The third-order valence-corrected chi connectivity index (χ3v) is 3.58. The van der Waals surface area contributed by atoms with E-state index in [0.29, 0.717) is 16.9 Å². The Balaban J connectivity index is 2.51. The van der Waals surface area contributed by atoms with Crippen LogP contribution in [0.4, 0.5) is 0 Å². The van der Waals surface area contributed by atoms with Crippen LogP contribution in [-0.4, -0.2) is 5.11 Å². The highest BCUT2D eigenvalue weighted by atomic mass is 16.5. The minimum absolute atomic E-state index is 0.511. The van der Waals surface area contributed by atoms with Gasteiger partial charge in [-0.1, -0.05) is 12.1 Å². The summed E-state index contributed by atoms with van der Waals surface area (Å²) < 4.78 is 5.99. The lowest BCUT2D eigenvalue weighted by molar-refractivity contribution is 0.195. The van der Waals surface area contributed by atoms with Crippen LogP contribution in [0, 0.1) is 32.1 Å². The van der Waals surface area contributed by atoms with Crippen LogP contribution >= 0.6 is 0 Å². The number of rotatable bonds is 3. The quantitative estimate of drug-likeness (QED) is 0.911. The third kappa shape index (κ3) is 3.24. The van der Waals surface area contributed by atoms with E-state index >= 15 is 0 Å². The summed E-state index contributed by atoms with van der Waals surface area (Å²) in [5, 5.41) is 18.9. The van der Waals surface area contributed by atoms with E-state index in [4.69, 9.17) is 10.00 Å². The standard InChI is InChI=1S/C18H19NO2/c1-11-7-12(2)13(3)17(8-11)21-18-9-15(10-19)5-6-16(18)14(4)20/h5-9,14,20H,1-4H3/t14-/m1/s1. The highest BCUT2D eigenvalue weighted by Crippen LogP contribution is 2.33. The van der Waals surface area contributed by atoms with Crippen molar-refractivity contribution in [1.82, 2.24) is 0 Å². The molecule has 0 heterocycles. The van der Waals surface area contributed by atoms with Crippen molar-refractivity contribution in [3.8, 4) is 17.6 Å². The summed E-state index contributed by atoms with van der Waals surface area (Å²) in [4.78, 5) is 0. The van der Waals surface area contributed by atoms with Crippen molar-refractivity contribution in [3.63, 3.8) is 0 Å². The molecule has 21 heavy (non-hydrogen) atoms. The van der Waals surface area contributed by atoms with E-state index in [1.807, 2.05) is 26.8 Å². The molecule has 2 aromatic carbocycles. The lowest BCUT2D eigenvalue weighted by Gasteiger charge is -2.16. The minimum atomic E-state index is -0.654. The van der Waals surface area contributed by atoms with E-state index < -0.39 is 6.10 Å². The van der Waals surface area contributed by atoms with Gasteiger partial charge >= 0.3 is 0 Å². The topological polar surface area (TPSA) is 53.2 Å². The van der Waals surface area contributed by atoms with Gasteiger partial charge in [-0.2, -0.15) is 5.26 Å². The molecule has 0 aliphatic heterocycles. The highest BCUT2D eigenvalue weighted by molar-refractivity contribution is 5.49. The zero-order valence-corrected chi connectivity index (χ0v) is 12.8. The number of nitrogens with zero attached hydrogens (tertiary/aromatic N) is 1. The van der Waals surface area contributed by atoms with Crippen LogP contribution in [0.15, 0.2) is 30.3 Å². The van der Waals surface area contributed by atoms with Crippen molar-refractivity contribution in [3.05, 3.63) is 58.1 Å². The van der Waals surface area contributed by atoms with Crippen LogP contribution < -0.4 is 4.74 Å². The number of aliphatic hydroxyl groups excluding tert-OH is 1. The van der Waals surface area contributed by atoms with Crippen LogP contribution in [0.1, 0.15) is 40.8 Å². The lowest BCUT2D eigenvalue weighted by atomic mass is 10.0. The third-order valence-electron chi connectivity index (χ3n) is 3.58. The molecule has 0 aromatic heterocycles. The van der Waals surface area contributed by atoms with Gasteiger partial charge in [-0.05, 0) is 62.6 Å². The molecule has 0 amide bonds. The van der Waals surface area contributed by atoms with Crippen molar-refractivity contribution in [1.29, 1.82) is 5.26 Å². The summed E-state index contributed by atoms with van der Waals surface area (Å²) in [6.07, 6.45) is -0.654. The molecular weight excluding hydrogens is 262 g/mol. The Kier molecular flexibility index (Phi) is 4.30. The Morgan fingerprint density at radius 3 is 2.43 bits per heavy atom. The molecule has 3 heteroatoms. The van der Waals surface area contributed by atoms with E-state index in [-0.39, 0.29) is 0 Å². The number of hydrogen-bond acceptors (Lipinski definition) is 3. The second kappa shape index (κ2) is 5.99. The SMILES string of the molecule is Cc1cc(C)c(C)c(Oc2cc(C#N)ccc2[C@@H](C)O)c1. The van der Waals surface area contributed by atoms with Gasteiger partial charge in [0.05, 0.1) is 17.7 Å². The van der Waals surface area contributed by atoms with Crippen molar-refractivity contribution in [2.24, 2.45) is 0 Å². The second-order valence-corrected chi connectivity index (χ2v) is 5.35. The number of hydrogen-bond donors (Lipinski definition) is 1. The summed E-state index contributed by atoms with van der Waals surface area (Å²) in [5.74, 6) is 1.28. The first-order valence-electron chi connectivity index (χ1n) is 6.90. The zero-order valence-electron chi connectivity index (χ0n) is 12.8. The maximum Gasteiger partial charge on any atom is 0.134 e. The van der Waals surface area contributed by atoms with Crippen molar-refractivity contribution < 1.29 is 9.84 Å². The van der Waals surface area contributed by atoms with Gasteiger partial charge in [0.1, 0.15) is 11.5 Å². The number of aryl methyl sites for hydroxylation is 2. The van der Waals surface area contributed by atoms with E-state index in [1.165, 1.54) is 0 Å². The van der Waals surface area contributed by atoms with Gasteiger partial charge in [-0.25, -0.2) is 0 Å². The first-order chi connectivity index (χ1) is 9.92. The summed E-state index contributed by atoms with van der Waals surface area (Å²) in [6, 6.07) is 11.2. The first kappa shape index (κ1) is 15.1. The van der Waals surface area contributed by atoms with Gasteiger partial charge in [-0.15, -0.1) is 0 Å². The Bertz CT molecular complexity index is 712. The number of nitriles is 1. The second-order valence-electron chi connectivity index (χ2n) is 5.35. The molecule has 0 saturated carbocycles.